The van der Waals surface area contributed by atoms with Crippen LogP contribution in [0.3, 0.4) is 0 Å². The first-order chi connectivity index (χ1) is 10.7. The summed E-state index contributed by atoms with van der Waals surface area (Å²) in [5.41, 5.74) is 7.08. The number of amides is 1. The van der Waals surface area contributed by atoms with Crippen LogP contribution in [0, 0.1) is 0 Å². The number of hydrogen-bond acceptors (Lipinski definition) is 5. The highest BCUT2D eigenvalue weighted by atomic mass is 16.6. The van der Waals surface area contributed by atoms with E-state index in [4.69, 9.17) is 15.2 Å². The molecule has 0 radical (unpaired) electrons. The largest absolute Gasteiger partial charge is 0.492 e. The fourth-order valence-corrected chi connectivity index (χ4v) is 2.78. The smallest absolute Gasteiger partial charge is 0.410 e. The highest BCUT2D eigenvalue weighted by Crippen LogP contribution is 2.35. The summed E-state index contributed by atoms with van der Waals surface area (Å²) in [5.74, 6) is 0.686. The number of carbonyl (C=O) groups excluding carboxylic acids is 1. The van der Waals surface area contributed by atoms with Crippen LogP contribution in [0.2, 0.25) is 0 Å². The van der Waals surface area contributed by atoms with Crippen LogP contribution < -0.4 is 15.4 Å². The summed E-state index contributed by atoms with van der Waals surface area (Å²) in [6.45, 7) is 9.68. The molecule has 2 N–H and O–H groups in total. The van der Waals surface area contributed by atoms with Gasteiger partial charge >= 0.3 is 6.09 Å². The second-order valence-electron chi connectivity index (χ2n) is 6.87. The minimum atomic E-state index is -0.481. The van der Waals surface area contributed by atoms with Crippen molar-refractivity contribution in [3.05, 3.63) is 18.2 Å². The number of anilines is 2. The van der Waals surface area contributed by atoms with E-state index in [1.54, 1.807) is 12.0 Å². The van der Waals surface area contributed by atoms with E-state index < -0.39 is 5.60 Å². The Kier molecular flexibility index (Phi) is 4.92. The molecule has 1 atom stereocenters. The van der Waals surface area contributed by atoms with Crippen LogP contribution in [0.4, 0.5) is 16.2 Å². The van der Waals surface area contributed by atoms with Gasteiger partial charge in [-0.25, -0.2) is 4.79 Å². The molecule has 0 spiro atoms. The van der Waals surface area contributed by atoms with Gasteiger partial charge in [-0.1, -0.05) is 6.07 Å². The van der Waals surface area contributed by atoms with Crippen LogP contribution in [0.25, 0.3) is 0 Å². The Morgan fingerprint density at radius 3 is 2.57 bits per heavy atom. The Morgan fingerprint density at radius 1 is 1.30 bits per heavy atom. The van der Waals surface area contributed by atoms with Crippen molar-refractivity contribution >= 4 is 17.5 Å². The Labute approximate surface area is 138 Å². The summed E-state index contributed by atoms with van der Waals surface area (Å²) >= 11 is 0. The summed E-state index contributed by atoms with van der Waals surface area (Å²) in [5, 5.41) is 0. The van der Waals surface area contributed by atoms with Crippen LogP contribution in [0.15, 0.2) is 18.2 Å². The summed E-state index contributed by atoms with van der Waals surface area (Å²) in [4.78, 5) is 16.3. The van der Waals surface area contributed by atoms with E-state index >= 15 is 0 Å². The molecule has 6 heteroatoms. The Balaban J connectivity index is 2.10. The number of hydrogen-bond donors (Lipinski definition) is 1. The predicted octanol–water partition coefficient (Wildman–Crippen LogP) is 2.72. The lowest BCUT2D eigenvalue weighted by molar-refractivity contribution is 0.0159. The molecule has 0 unspecified atom stereocenters. The van der Waals surface area contributed by atoms with Crippen molar-refractivity contribution in [2.45, 2.75) is 39.3 Å². The molecule has 0 saturated carbocycles. The van der Waals surface area contributed by atoms with Gasteiger partial charge in [0.05, 0.1) is 18.5 Å². The van der Waals surface area contributed by atoms with Gasteiger partial charge in [0.25, 0.3) is 0 Å². The van der Waals surface area contributed by atoms with Gasteiger partial charge in [-0.3, -0.25) is 0 Å². The summed E-state index contributed by atoms with van der Waals surface area (Å²) in [7, 11) is 1.62. The highest BCUT2D eigenvalue weighted by molar-refractivity contribution is 5.72. The Morgan fingerprint density at radius 2 is 2.00 bits per heavy atom. The second kappa shape index (κ2) is 6.56. The number of ether oxygens (including phenoxy) is 2. The average molecular weight is 321 g/mol. The highest BCUT2D eigenvalue weighted by Gasteiger charge is 2.31. The minimum absolute atomic E-state index is 0.0461. The maximum Gasteiger partial charge on any atom is 0.410 e. The molecule has 1 heterocycles. The topological polar surface area (TPSA) is 68.0 Å². The van der Waals surface area contributed by atoms with Crippen molar-refractivity contribution in [3.8, 4) is 5.75 Å². The van der Waals surface area contributed by atoms with Crippen molar-refractivity contribution in [2.75, 3.05) is 37.4 Å². The van der Waals surface area contributed by atoms with E-state index in [0.717, 1.165) is 5.69 Å². The molecule has 128 valence electrons. The maximum absolute atomic E-state index is 12.3. The molecule has 0 aromatic heterocycles. The zero-order chi connectivity index (χ0) is 17.2. The Hall–Kier alpha value is -2.11. The third kappa shape index (κ3) is 4.00. The van der Waals surface area contributed by atoms with Gasteiger partial charge in [0, 0.05) is 25.7 Å². The standard InChI is InChI=1S/C17H27N3O3/c1-12-11-19(14-8-6-7-13(18)15(14)22-5)9-10-20(12)16(21)23-17(2,3)4/h6-8,12H,9-11,18H2,1-5H3/t12-/m0/s1. The lowest BCUT2D eigenvalue weighted by Gasteiger charge is -2.41. The monoisotopic (exact) mass is 321 g/mol. The molecule has 2 rings (SSSR count). The number of piperazine rings is 1. The first-order valence-electron chi connectivity index (χ1n) is 7.90. The number of nitrogen functional groups attached to an aromatic ring is 1. The zero-order valence-electron chi connectivity index (χ0n) is 14.6. The van der Waals surface area contributed by atoms with E-state index in [1.807, 2.05) is 45.9 Å². The van der Waals surface area contributed by atoms with Gasteiger partial charge in [-0.2, -0.15) is 0 Å². The summed E-state index contributed by atoms with van der Waals surface area (Å²) < 4.78 is 10.9. The van der Waals surface area contributed by atoms with Gasteiger partial charge < -0.3 is 25.0 Å². The summed E-state index contributed by atoms with van der Waals surface area (Å²) in [6.07, 6.45) is -0.260. The first kappa shape index (κ1) is 17.2. The van der Waals surface area contributed by atoms with Gasteiger partial charge in [-0.15, -0.1) is 0 Å². The maximum atomic E-state index is 12.3. The molecule has 1 fully saturated rings. The predicted molar refractivity (Wildman–Crippen MR) is 92.0 cm³/mol. The number of methoxy groups -OCH3 is 1. The molecule has 1 aromatic carbocycles. The third-order valence-corrected chi connectivity index (χ3v) is 3.83. The molecule has 6 nitrogen and oxygen atoms in total. The number of benzene rings is 1. The second-order valence-corrected chi connectivity index (χ2v) is 6.87. The van der Waals surface area contributed by atoms with Gasteiger partial charge in [0.15, 0.2) is 5.75 Å². The lowest BCUT2D eigenvalue weighted by atomic mass is 10.1. The number of nitrogens with zero attached hydrogens (tertiary/aromatic N) is 2. The van der Waals surface area contributed by atoms with Crippen molar-refractivity contribution in [2.24, 2.45) is 0 Å². The molecule has 0 bridgehead atoms. The van der Waals surface area contributed by atoms with Crippen molar-refractivity contribution in [1.29, 1.82) is 0 Å². The molecule has 1 aliphatic rings. The van der Waals surface area contributed by atoms with E-state index in [2.05, 4.69) is 4.90 Å². The number of nitrogens with two attached hydrogens (primary N) is 1. The van der Waals surface area contributed by atoms with Crippen molar-refractivity contribution in [1.82, 2.24) is 4.90 Å². The van der Waals surface area contributed by atoms with E-state index in [1.165, 1.54) is 0 Å². The molecule has 23 heavy (non-hydrogen) atoms. The van der Waals surface area contributed by atoms with Gasteiger partial charge in [0.2, 0.25) is 0 Å². The van der Waals surface area contributed by atoms with Crippen LogP contribution >= 0.6 is 0 Å². The SMILES string of the molecule is COc1c(N)cccc1N1CCN(C(=O)OC(C)(C)C)[C@@H](C)C1. The van der Waals surface area contributed by atoms with E-state index in [0.29, 0.717) is 31.1 Å². The average Bonchev–Trinajstić information content (AvgIpc) is 2.44. The molecule has 1 amide bonds. The third-order valence-electron chi connectivity index (χ3n) is 3.83. The number of para-hydroxylation sites is 1. The normalized spacial score (nSPS) is 18.7. The summed E-state index contributed by atoms with van der Waals surface area (Å²) in [6, 6.07) is 5.77. The van der Waals surface area contributed by atoms with Crippen LogP contribution in [-0.4, -0.2) is 49.4 Å². The molecular weight excluding hydrogens is 294 g/mol. The Bertz CT molecular complexity index is 569. The van der Waals surface area contributed by atoms with Gasteiger partial charge in [-0.05, 0) is 39.8 Å². The van der Waals surface area contributed by atoms with E-state index in [9.17, 15) is 4.79 Å². The first-order valence-corrected chi connectivity index (χ1v) is 7.90. The molecule has 0 aliphatic carbocycles. The quantitative estimate of drug-likeness (QED) is 0.848. The molecule has 1 saturated heterocycles. The van der Waals surface area contributed by atoms with Crippen molar-refractivity contribution < 1.29 is 14.3 Å². The number of rotatable bonds is 2. The van der Waals surface area contributed by atoms with E-state index in [-0.39, 0.29) is 12.1 Å². The van der Waals surface area contributed by atoms with Crippen LogP contribution in [0.1, 0.15) is 27.7 Å². The molecular formula is C17H27N3O3. The lowest BCUT2D eigenvalue weighted by Crippen LogP contribution is -2.55. The fraction of sp³-hybridized carbons (Fsp3) is 0.588. The molecule has 1 aliphatic heterocycles. The van der Waals surface area contributed by atoms with Crippen molar-refractivity contribution in [3.63, 3.8) is 0 Å². The number of carbonyl (C=O) groups is 1. The zero-order valence-corrected chi connectivity index (χ0v) is 14.6. The minimum Gasteiger partial charge on any atom is -0.492 e. The molecule has 1 aromatic rings. The fourth-order valence-electron chi connectivity index (χ4n) is 2.78. The van der Waals surface area contributed by atoms with Crippen LogP contribution in [-0.2, 0) is 4.74 Å². The van der Waals surface area contributed by atoms with Crippen LogP contribution in [0.5, 0.6) is 5.75 Å². The van der Waals surface area contributed by atoms with Gasteiger partial charge in [0.1, 0.15) is 5.60 Å².